The van der Waals surface area contributed by atoms with Crippen LogP contribution in [0.25, 0.3) is 0 Å². The largest absolute Gasteiger partial charge is 0.462 e. The molecule has 0 radical (unpaired) electrons. The van der Waals surface area contributed by atoms with E-state index in [0.717, 1.165) is 5.69 Å². The van der Waals surface area contributed by atoms with Crippen molar-refractivity contribution in [3.05, 3.63) is 41.1 Å². The molecular formula is C17H22N4O3. The number of amides is 1. The van der Waals surface area contributed by atoms with Crippen LogP contribution in [-0.4, -0.2) is 42.4 Å². The molecule has 0 fully saturated rings. The summed E-state index contributed by atoms with van der Waals surface area (Å²) < 4.78 is 6.51. The Morgan fingerprint density at radius 2 is 1.88 bits per heavy atom. The van der Waals surface area contributed by atoms with Crippen LogP contribution in [0, 0.1) is 6.92 Å². The molecule has 1 aromatic carbocycles. The Kier molecular flexibility index (Phi) is 5.23. The summed E-state index contributed by atoms with van der Waals surface area (Å²) >= 11 is 0. The molecule has 1 N–H and O–H groups in total. The predicted molar refractivity (Wildman–Crippen MR) is 92.6 cm³/mol. The molecule has 0 spiro atoms. The number of carbonyl (C=O) groups is 2. The summed E-state index contributed by atoms with van der Waals surface area (Å²) in [7, 11) is 5.53. The average molecular weight is 330 g/mol. The molecule has 128 valence electrons. The number of rotatable bonds is 5. The Hall–Kier alpha value is -2.83. The molecule has 1 heterocycles. The number of hydrogen-bond donors (Lipinski definition) is 1. The van der Waals surface area contributed by atoms with Gasteiger partial charge in [0.05, 0.1) is 12.3 Å². The summed E-state index contributed by atoms with van der Waals surface area (Å²) in [6.45, 7) is 3.69. The zero-order valence-electron chi connectivity index (χ0n) is 14.6. The van der Waals surface area contributed by atoms with Crippen LogP contribution in [0.2, 0.25) is 0 Å². The minimum atomic E-state index is -0.499. The van der Waals surface area contributed by atoms with Crippen molar-refractivity contribution >= 4 is 23.4 Å². The van der Waals surface area contributed by atoms with Crippen LogP contribution in [0.4, 0.5) is 11.5 Å². The summed E-state index contributed by atoms with van der Waals surface area (Å²) in [5, 5.41) is 6.94. The minimum Gasteiger partial charge on any atom is -0.462 e. The summed E-state index contributed by atoms with van der Waals surface area (Å²) in [6.07, 6.45) is 0. The van der Waals surface area contributed by atoms with Gasteiger partial charge >= 0.3 is 5.97 Å². The van der Waals surface area contributed by atoms with Crippen LogP contribution >= 0.6 is 0 Å². The first kappa shape index (κ1) is 17.5. The highest BCUT2D eigenvalue weighted by atomic mass is 16.5. The monoisotopic (exact) mass is 330 g/mol. The van der Waals surface area contributed by atoms with E-state index in [1.54, 1.807) is 33.0 Å². The highest BCUT2D eigenvalue weighted by Gasteiger charge is 2.23. The molecule has 0 unspecified atom stereocenters. The summed E-state index contributed by atoms with van der Waals surface area (Å²) in [5.41, 5.74) is 2.27. The molecule has 0 aliphatic rings. The van der Waals surface area contributed by atoms with E-state index in [0.29, 0.717) is 17.1 Å². The van der Waals surface area contributed by atoms with E-state index in [-0.39, 0.29) is 18.1 Å². The molecule has 7 nitrogen and oxygen atoms in total. The van der Waals surface area contributed by atoms with Crippen molar-refractivity contribution in [3.8, 4) is 0 Å². The maximum atomic E-state index is 12.5. The SMILES string of the molecule is CCOC(=O)c1c(C)nn(C)c1NC(=O)c1ccc(N(C)C)cc1. The van der Waals surface area contributed by atoms with Crippen LogP contribution in [0.3, 0.4) is 0 Å². The second-order valence-corrected chi connectivity index (χ2v) is 5.55. The van der Waals surface area contributed by atoms with Gasteiger partial charge in [-0.05, 0) is 38.1 Å². The van der Waals surface area contributed by atoms with E-state index < -0.39 is 5.97 Å². The molecule has 2 rings (SSSR count). The van der Waals surface area contributed by atoms with Crippen molar-refractivity contribution in [3.63, 3.8) is 0 Å². The van der Waals surface area contributed by atoms with Gasteiger partial charge in [0.1, 0.15) is 11.4 Å². The number of aryl methyl sites for hydroxylation is 2. The lowest BCUT2D eigenvalue weighted by atomic mass is 10.1. The molecule has 0 atom stereocenters. The van der Waals surface area contributed by atoms with Gasteiger partial charge < -0.3 is 15.0 Å². The maximum absolute atomic E-state index is 12.5. The summed E-state index contributed by atoms with van der Waals surface area (Å²) in [6, 6.07) is 7.18. The highest BCUT2D eigenvalue weighted by molar-refractivity contribution is 6.07. The summed E-state index contributed by atoms with van der Waals surface area (Å²) in [5.74, 6) is -0.483. The third-order valence-corrected chi connectivity index (χ3v) is 3.58. The second-order valence-electron chi connectivity index (χ2n) is 5.55. The molecule has 0 bridgehead atoms. The van der Waals surface area contributed by atoms with Gasteiger partial charge in [0, 0.05) is 32.4 Å². The van der Waals surface area contributed by atoms with Gasteiger partial charge in [0.25, 0.3) is 5.91 Å². The van der Waals surface area contributed by atoms with Crippen LogP contribution in [0.15, 0.2) is 24.3 Å². The third-order valence-electron chi connectivity index (χ3n) is 3.58. The van der Waals surface area contributed by atoms with E-state index in [9.17, 15) is 9.59 Å². The van der Waals surface area contributed by atoms with Crippen molar-refractivity contribution in [2.75, 3.05) is 30.9 Å². The van der Waals surface area contributed by atoms with E-state index in [1.165, 1.54) is 4.68 Å². The van der Waals surface area contributed by atoms with Gasteiger partial charge in [-0.2, -0.15) is 5.10 Å². The van der Waals surface area contributed by atoms with E-state index in [4.69, 9.17) is 4.74 Å². The molecule has 0 aliphatic heterocycles. The van der Waals surface area contributed by atoms with Gasteiger partial charge in [-0.1, -0.05) is 0 Å². The van der Waals surface area contributed by atoms with Gasteiger partial charge in [-0.25, -0.2) is 4.79 Å². The van der Waals surface area contributed by atoms with Crippen molar-refractivity contribution in [1.82, 2.24) is 9.78 Å². The second kappa shape index (κ2) is 7.16. The number of carbonyl (C=O) groups excluding carboxylic acids is 2. The minimum absolute atomic E-state index is 0.256. The van der Waals surface area contributed by atoms with Crippen molar-refractivity contribution in [2.24, 2.45) is 7.05 Å². The third kappa shape index (κ3) is 3.56. The molecule has 1 amide bonds. The fraction of sp³-hybridized carbons (Fsp3) is 0.353. The molecule has 0 aliphatic carbocycles. The number of nitrogens with one attached hydrogen (secondary N) is 1. The molecule has 0 saturated heterocycles. The smallest absolute Gasteiger partial charge is 0.343 e. The molecule has 1 aromatic heterocycles. The fourth-order valence-corrected chi connectivity index (χ4v) is 2.34. The quantitative estimate of drug-likeness (QED) is 0.851. The number of ether oxygens (including phenoxy) is 1. The first-order valence-corrected chi connectivity index (χ1v) is 7.64. The number of anilines is 2. The van der Waals surface area contributed by atoms with Gasteiger partial charge in [0.15, 0.2) is 0 Å². The Morgan fingerprint density at radius 3 is 2.42 bits per heavy atom. The molecular weight excluding hydrogens is 308 g/mol. The number of benzene rings is 1. The molecule has 7 heteroatoms. The Bertz CT molecular complexity index is 748. The van der Waals surface area contributed by atoms with Gasteiger partial charge in [-0.15, -0.1) is 0 Å². The zero-order valence-corrected chi connectivity index (χ0v) is 14.6. The van der Waals surface area contributed by atoms with Crippen LogP contribution in [-0.2, 0) is 11.8 Å². The van der Waals surface area contributed by atoms with Crippen molar-refractivity contribution in [2.45, 2.75) is 13.8 Å². The van der Waals surface area contributed by atoms with E-state index >= 15 is 0 Å². The average Bonchev–Trinajstić information content (AvgIpc) is 2.81. The molecule has 24 heavy (non-hydrogen) atoms. The number of aromatic nitrogens is 2. The topological polar surface area (TPSA) is 76.5 Å². The summed E-state index contributed by atoms with van der Waals surface area (Å²) in [4.78, 5) is 26.5. The maximum Gasteiger partial charge on any atom is 0.343 e. The van der Waals surface area contributed by atoms with Crippen LogP contribution < -0.4 is 10.2 Å². The van der Waals surface area contributed by atoms with E-state index in [2.05, 4.69) is 10.4 Å². The zero-order chi connectivity index (χ0) is 17.9. The molecule has 2 aromatic rings. The number of nitrogens with zero attached hydrogens (tertiary/aromatic N) is 3. The lowest BCUT2D eigenvalue weighted by Crippen LogP contribution is -2.18. The lowest BCUT2D eigenvalue weighted by molar-refractivity contribution is 0.0526. The highest BCUT2D eigenvalue weighted by Crippen LogP contribution is 2.21. The first-order chi connectivity index (χ1) is 11.3. The van der Waals surface area contributed by atoms with Crippen molar-refractivity contribution < 1.29 is 14.3 Å². The van der Waals surface area contributed by atoms with Crippen LogP contribution in [0.5, 0.6) is 0 Å². The van der Waals surface area contributed by atoms with Crippen molar-refractivity contribution in [1.29, 1.82) is 0 Å². The normalized spacial score (nSPS) is 10.4. The fourth-order valence-electron chi connectivity index (χ4n) is 2.34. The Balaban J connectivity index is 2.27. The van der Waals surface area contributed by atoms with Crippen LogP contribution in [0.1, 0.15) is 33.3 Å². The first-order valence-electron chi connectivity index (χ1n) is 7.64. The predicted octanol–water partition coefficient (Wildman–Crippen LogP) is 2.22. The van der Waals surface area contributed by atoms with Gasteiger partial charge in [-0.3, -0.25) is 9.48 Å². The van der Waals surface area contributed by atoms with Gasteiger partial charge in [0.2, 0.25) is 0 Å². The number of hydrogen-bond acceptors (Lipinski definition) is 5. The Morgan fingerprint density at radius 1 is 1.25 bits per heavy atom. The molecule has 0 saturated carbocycles. The Labute approximate surface area is 141 Å². The van der Waals surface area contributed by atoms with E-state index in [1.807, 2.05) is 31.1 Å². The number of esters is 1. The lowest BCUT2D eigenvalue weighted by Gasteiger charge is -2.13. The standard InChI is InChI=1S/C17H22N4O3/c1-6-24-17(23)14-11(2)19-21(5)15(14)18-16(22)12-7-9-13(10-8-12)20(3)4/h7-10H,6H2,1-5H3,(H,18,22).